The van der Waals surface area contributed by atoms with Gasteiger partial charge >= 0.3 is 0 Å². The second kappa shape index (κ2) is 6.28. The summed E-state index contributed by atoms with van der Waals surface area (Å²) < 4.78 is 1.04. The van der Waals surface area contributed by atoms with E-state index in [4.69, 9.17) is 10.3 Å². The van der Waals surface area contributed by atoms with E-state index in [-0.39, 0.29) is 5.91 Å². The van der Waals surface area contributed by atoms with Crippen LogP contribution in [0.15, 0.2) is 47.5 Å². The predicted molar refractivity (Wildman–Crippen MR) is 94.4 cm³/mol. The lowest BCUT2D eigenvalue weighted by molar-refractivity contribution is -0.116. The van der Waals surface area contributed by atoms with Crippen LogP contribution >= 0.6 is 22.6 Å². The van der Waals surface area contributed by atoms with Crippen LogP contribution in [-0.2, 0) is 4.79 Å². The second-order valence-corrected chi connectivity index (χ2v) is 6.21. The summed E-state index contributed by atoms with van der Waals surface area (Å²) in [6, 6.07) is 15.2. The number of aliphatic imine (C=N–C) groups is 1. The van der Waals surface area contributed by atoms with Crippen LogP contribution < -0.4 is 5.32 Å². The quantitative estimate of drug-likeness (QED) is 0.734. The van der Waals surface area contributed by atoms with Crippen molar-refractivity contribution in [1.29, 1.82) is 5.26 Å². The van der Waals surface area contributed by atoms with Gasteiger partial charge in [0.1, 0.15) is 0 Å². The Morgan fingerprint density at radius 3 is 2.86 bits per heavy atom. The first-order valence-electron chi connectivity index (χ1n) is 6.83. The number of carbonyl (C=O) groups is 1. The molecule has 5 heteroatoms. The third-order valence-corrected chi connectivity index (χ3v) is 4.07. The van der Waals surface area contributed by atoms with Gasteiger partial charge in [-0.05, 0) is 64.9 Å². The monoisotopic (exact) mass is 401 g/mol. The first-order chi connectivity index (χ1) is 10.7. The van der Waals surface area contributed by atoms with Gasteiger partial charge in [0.15, 0.2) is 0 Å². The van der Waals surface area contributed by atoms with Gasteiger partial charge in [-0.15, -0.1) is 0 Å². The van der Waals surface area contributed by atoms with Gasteiger partial charge in [0.25, 0.3) is 0 Å². The normalized spacial score (nSPS) is 14.0. The third-order valence-electron chi connectivity index (χ3n) is 3.40. The minimum atomic E-state index is -0.0212. The Balaban J connectivity index is 2.11. The third kappa shape index (κ3) is 3.17. The number of halogens is 1. The Hall–Kier alpha value is -2.20. The van der Waals surface area contributed by atoms with Gasteiger partial charge in [0, 0.05) is 15.7 Å². The van der Waals surface area contributed by atoms with Crippen molar-refractivity contribution in [1.82, 2.24) is 0 Å². The molecule has 0 aromatic heterocycles. The van der Waals surface area contributed by atoms with E-state index >= 15 is 0 Å². The summed E-state index contributed by atoms with van der Waals surface area (Å²) in [6.45, 7) is 0. The molecule has 0 atom stereocenters. The van der Waals surface area contributed by atoms with Crippen LogP contribution in [0.3, 0.4) is 0 Å². The Morgan fingerprint density at radius 2 is 2.05 bits per heavy atom. The van der Waals surface area contributed by atoms with E-state index < -0.39 is 0 Å². The van der Waals surface area contributed by atoms with E-state index in [2.05, 4.69) is 34.0 Å². The number of nitriles is 1. The minimum absolute atomic E-state index is 0.0212. The zero-order valence-electron chi connectivity index (χ0n) is 11.6. The van der Waals surface area contributed by atoms with Crippen molar-refractivity contribution >= 4 is 45.6 Å². The van der Waals surface area contributed by atoms with Crippen molar-refractivity contribution in [3.8, 4) is 6.07 Å². The van der Waals surface area contributed by atoms with Crippen LogP contribution in [-0.4, -0.2) is 11.6 Å². The summed E-state index contributed by atoms with van der Waals surface area (Å²) in [5.74, 6) is -0.0212. The number of carbonyl (C=O) groups excluding carboxylic acids is 1. The topological polar surface area (TPSA) is 65.2 Å². The molecule has 0 aliphatic carbocycles. The molecule has 4 nitrogen and oxygen atoms in total. The maximum Gasteiger partial charge on any atom is 0.224 e. The zero-order chi connectivity index (χ0) is 15.5. The van der Waals surface area contributed by atoms with Crippen molar-refractivity contribution in [2.24, 2.45) is 4.99 Å². The number of rotatable bonds is 1. The van der Waals surface area contributed by atoms with E-state index in [0.29, 0.717) is 18.4 Å². The predicted octanol–water partition coefficient (Wildman–Crippen LogP) is 4.02. The number of fused-ring (bicyclic) bond motifs is 1. The van der Waals surface area contributed by atoms with Crippen LogP contribution in [0.2, 0.25) is 0 Å². The van der Waals surface area contributed by atoms with Crippen LogP contribution in [0.5, 0.6) is 0 Å². The van der Waals surface area contributed by atoms with Gasteiger partial charge < -0.3 is 5.32 Å². The first kappa shape index (κ1) is 14.7. The van der Waals surface area contributed by atoms with E-state index in [1.54, 1.807) is 6.07 Å². The van der Waals surface area contributed by atoms with Gasteiger partial charge in [-0.25, -0.2) is 0 Å². The Kier molecular flexibility index (Phi) is 4.20. The largest absolute Gasteiger partial charge is 0.324 e. The molecule has 1 aliphatic rings. The molecular formula is C17H12IN3O. The number of anilines is 1. The fourth-order valence-electron chi connectivity index (χ4n) is 2.33. The average molecular weight is 401 g/mol. The molecule has 0 unspecified atom stereocenters. The van der Waals surface area contributed by atoms with Crippen molar-refractivity contribution in [2.45, 2.75) is 12.8 Å². The van der Waals surface area contributed by atoms with Gasteiger partial charge in [0.2, 0.25) is 5.91 Å². The molecule has 0 fully saturated rings. The van der Waals surface area contributed by atoms with Crippen molar-refractivity contribution in [3.05, 3.63) is 57.2 Å². The highest BCUT2D eigenvalue weighted by molar-refractivity contribution is 14.1. The second-order valence-electron chi connectivity index (χ2n) is 4.96. The molecule has 108 valence electrons. The highest BCUT2D eigenvalue weighted by atomic mass is 127. The fraction of sp³-hybridized carbons (Fsp3) is 0.118. The van der Waals surface area contributed by atoms with Crippen molar-refractivity contribution in [3.63, 3.8) is 0 Å². The number of hydrogen-bond donors (Lipinski definition) is 1. The molecule has 0 bridgehead atoms. The lowest BCUT2D eigenvalue weighted by Crippen LogP contribution is -2.16. The summed E-state index contributed by atoms with van der Waals surface area (Å²) in [6.07, 6.45) is 0.923. The Labute approximate surface area is 142 Å². The van der Waals surface area contributed by atoms with Crippen molar-refractivity contribution in [2.75, 3.05) is 5.32 Å². The lowest BCUT2D eigenvalue weighted by Gasteiger charge is -2.15. The maximum atomic E-state index is 12.0. The van der Waals surface area contributed by atoms with Crippen LogP contribution in [0, 0.1) is 14.9 Å². The van der Waals surface area contributed by atoms with Gasteiger partial charge in [-0.2, -0.15) is 5.26 Å². The molecule has 2 aromatic carbocycles. The summed E-state index contributed by atoms with van der Waals surface area (Å²) >= 11 is 2.21. The zero-order valence-corrected chi connectivity index (χ0v) is 13.8. The average Bonchev–Trinajstić information content (AvgIpc) is 2.51. The first-order valence-corrected chi connectivity index (χ1v) is 7.91. The van der Waals surface area contributed by atoms with Crippen LogP contribution in [0.4, 0.5) is 11.4 Å². The van der Waals surface area contributed by atoms with E-state index in [9.17, 15) is 4.79 Å². The van der Waals surface area contributed by atoms with E-state index in [1.165, 1.54) is 0 Å². The minimum Gasteiger partial charge on any atom is -0.324 e. The molecule has 0 spiro atoms. The molecule has 0 saturated carbocycles. The summed E-state index contributed by atoms with van der Waals surface area (Å²) in [7, 11) is 0. The Morgan fingerprint density at radius 1 is 1.18 bits per heavy atom. The van der Waals surface area contributed by atoms with Gasteiger partial charge in [0.05, 0.1) is 23.0 Å². The molecule has 22 heavy (non-hydrogen) atoms. The molecule has 0 radical (unpaired) electrons. The molecule has 0 saturated heterocycles. The molecule has 1 amide bonds. The molecule has 1 aliphatic heterocycles. The number of benzene rings is 2. The summed E-state index contributed by atoms with van der Waals surface area (Å²) in [4.78, 5) is 16.7. The van der Waals surface area contributed by atoms with Gasteiger partial charge in [-0.3, -0.25) is 9.79 Å². The number of nitrogens with one attached hydrogen (secondary N) is 1. The molecular weight excluding hydrogens is 389 g/mol. The highest BCUT2D eigenvalue weighted by Gasteiger charge is 2.15. The standard InChI is InChI=1S/C17H12IN3O/c18-13-4-5-15-16(9-13)21-17(22)7-6-14(20-15)12-3-1-2-11(8-12)10-19/h1-5,8-9H,6-7H2,(H,21,22). The smallest absolute Gasteiger partial charge is 0.224 e. The summed E-state index contributed by atoms with van der Waals surface area (Å²) in [5.41, 5.74) is 3.78. The lowest BCUT2D eigenvalue weighted by atomic mass is 10.0. The van der Waals surface area contributed by atoms with E-state index in [0.717, 1.165) is 26.2 Å². The van der Waals surface area contributed by atoms with Crippen LogP contribution in [0.25, 0.3) is 0 Å². The number of hydrogen-bond acceptors (Lipinski definition) is 3. The Bertz CT molecular complexity index is 821. The number of amides is 1. The van der Waals surface area contributed by atoms with Gasteiger partial charge in [-0.1, -0.05) is 12.1 Å². The molecule has 3 rings (SSSR count). The van der Waals surface area contributed by atoms with E-state index in [1.807, 2.05) is 36.4 Å². The SMILES string of the molecule is N#Cc1cccc(C2=Nc3ccc(I)cc3NC(=O)CC2)c1. The fourth-order valence-corrected chi connectivity index (χ4v) is 2.82. The molecule has 1 N–H and O–H groups in total. The summed E-state index contributed by atoms with van der Waals surface area (Å²) in [5, 5.41) is 11.9. The molecule has 2 aromatic rings. The highest BCUT2D eigenvalue weighted by Crippen LogP contribution is 2.30. The van der Waals surface area contributed by atoms with Crippen LogP contribution in [0.1, 0.15) is 24.0 Å². The van der Waals surface area contributed by atoms with Crippen molar-refractivity contribution < 1.29 is 4.79 Å². The number of nitrogens with zero attached hydrogens (tertiary/aromatic N) is 2. The molecule has 1 heterocycles. The maximum absolute atomic E-state index is 12.0.